The van der Waals surface area contributed by atoms with Gasteiger partial charge in [0.2, 0.25) is 0 Å². The van der Waals surface area contributed by atoms with Gasteiger partial charge in [-0.05, 0) is 56.2 Å². The van der Waals surface area contributed by atoms with Crippen molar-refractivity contribution in [2.45, 2.75) is 20.8 Å². The Balaban J connectivity index is 2.22. The third-order valence-corrected chi connectivity index (χ3v) is 4.04. The molecule has 0 aliphatic heterocycles. The van der Waals surface area contributed by atoms with Gasteiger partial charge in [0.05, 0.1) is 11.4 Å². The van der Waals surface area contributed by atoms with Crippen LogP contribution in [-0.2, 0) is 0 Å². The minimum absolute atomic E-state index is 0.749. The molecule has 1 heterocycles. The predicted octanol–water partition coefficient (Wildman–Crippen LogP) is 5.51. The van der Waals surface area contributed by atoms with Gasteiger partial charge in [-0.15, -0.1) is 0 Å². The van der Waals surface area contributed by atoms with E-state index in [9.17, 15) is 0 Å². The first kappa shape index (κ1) is 15.6. The quantitative estimate of drug-likeness (QED) is 0.581. The van der Waals surface area contributed by atoms with Crippen LogP contribution in [0.5, 0.6) is 0 Å². The molecule has 3 rings (SSSR count). The second-order valence-electron chi connectivity index (χ2n) is 5.74. The molecule has 1 aromatic heterocycles. The van der Waals surface area contributed by atoms with Crippen molar-refractivity contribution in [3.8, 4) is 0 Å². The summed E-state index contributed by atoms with van der Waals surface area (Å²) in [7, 11) is 0. The van der Waals surface area contributed by atoms with Gasteiger partial charge in [-0.3, -0.25) is 0 Å². The number of hydrogen-bond donors (Lipinski definition) is 0. The number of benzene rings is 2. The highest BCUT2D eigenvalue weighted by molar-refractivity contribution is 6.30. The molecule has 2 nitrogen and oxygen atoms in total. The summed E-state index contributed by atoms with van der Waals surface area (Å²) < 4.78 is 2.00. The van der Waals surface area contributed by atoms with Crippen LogP contribution in [0.15, 0.2) is 54.6 Å². The van der Waals surface area contributed by atoms with E-state index in [0.717, 1.165) is 38.8 Å². The van der Waals surface area contributed by atoms with Gasteiger partial charge < -0.3 is 0 Å². The minimum atomic E-state index is 0.749. The first-order chi connectivity index (χ1) is 11.0. The van der Waals surface area contributed by atoms with E-state index in [1.54, 1.807) is 0 Å². The largest absolute Gasteiger partial charge is 0.237 e. The van der Waals surface area contributed by atoms with Crippen molar-refractivity contribution in [1.82, 2.24) is 9.78 Å². The van der Waals surface area contributed by atoms with E-state index in [1.807, 2.05) is 41.9 Å². The molecule has 0 radical (unpaired) electrons. The lowest BCUT2D eigenvalue weighted by Gasteiger charge is -2.14. The maximum absolute atomic E-state index is 6.12. The van der Waals surface area contributed by atoms with Gasteiger partial charge >= 0.3 is 0 Å². The molecular formula is C20H19ClN2. The molecule has 0 unspecified atom stereocenters. The number of hydrogen-bond acceptors (Lipinski definition) is 1. The highest BCUT2D eigenvalue weighted by Gasteiger charge is 2.12. The van der Waals surface area contributed by atoms with E-state index in [2.05, 4.69) is 49.3 Å². The summed E-state index contributed by atoms with van der Waals surface area (Å²) in [6.07, 6.45) is 2.16. The Labute approximate surface area is 142 Å². The van der Waals surface area contributed by atoms with Crippen LogP contribution in [0.3, 0.4) is 0 Å². The monoisotopic (exact) mass is 322 g/mol. The zero-order chi connectivity index (χ0) is 16.4. The molecule has 0 aliphatic carbocycles. The van der Waals surface area contributed by atoms with E-state index < -0.39 is 0 Å². The number of aromatic nitrogens is 2. The fraction of sp³-hybridized carbons (Fsp3) is 0.150. The summed E-state index contributed by atoms with van der Waals surface area (Å²) in [4.78, 5) is 0. The number of nitrogens with zero attached hydrogens (tertiary/aromatic N) is 2. The molecule has 0 atom stereocenters. The molecule has 0 bridgehead atoms. The van der Waals surface area contributed by atoms with Gasteiger partial charge in [-0.2, -0.15) is 5.10 Å². The van der Waals surface area contributed by atoms with E-state index >= 15 is 0 Å². The van der Waals surface area contributed by atoms with Gasteiger partial charge in [-0.25, -0.2) is 4.68 Å². The minimum Gasteiger partial charge on any atom is -0.237 e. The fourth-order valence-corrected chi connectivity index (χ4v) is 2.97. The van der Waals surface area contributed by atoms with Crippen LogP contribution >= 0.6 is 11.6 Å². The van der Waals surface area contributed by atoms with Crippen molar-refractivity contribution in [2.75, 3.05) is 0 Å². The van der Waals surface area contributed by atoms with Gasteiger partial charge in [0.15, 0.2) is 0 Å². The molecule has 0 fully saturated rings. The predicted molar refractivity (Wildman–Crippen MR) is 97.6 cm³/mol. The highest BCUT2D eigenvalue weighted by atomic mass is 35.5. The molecule has 0 aliphatic rings. The van der Waals surface area contributed by atoms with Gasteiger partial charge in [0.25, 0.3) is 0 Å². The van der Waals surface area contributed by atoms with Crippen LogP contribution < -0.4 is 0 Å². The van der Waals surface area contributed by atoms with Crippen molar-refractivity contribution in [1.29, 1.82) is 0 Å². The molecule has 3 aromatic rings. The van der Waals surface area contributed by atoms with Crippen molar-refractivity contribution in [2.24, 2.45) is 0 Å². The zero-order valence-corrected chi connectivity index (χ0v) is 14.3. The Bertz CT molecular complexity index is 861. The second kappa shape index (κ2) is 6.43. The van der Waals surface area contributed by atoms with Gasteiger partial charge in [0.1, 0.15) is 0 Å². The normalized spacial score (nSPS) is 11.7. The first-order valence-corrected chi connectivity index (χ1v) is 7.99. The maximum Gasteiger partial charge on any atom is 0.0729 e. The average molecular weight is 323 g/mol. The molecule has 0 saturated heterocycles. The Kier molecular flexibility index (Phi) is 4.35. The van der Waals surface area contributed by atoms with E-state index in [1.165, 1.54) is 0 Å². The molecule has 0 N–H and O–H groups in total. The number of rotatable bonds is 3. The standard InChI is InChI=1S/C20H19ClN2/c1-14-11-18(21)9-10-19(14)20(13-17-7-5-4-6-8-17)23-16(3)12-15(2)22-23/h4-13H,1-3H3. The van der Waals surface area contributed by atoms with Crippen molar-refractivity contribution in [3.05, 3.63) is 87.7 Å². The Morgan fingerprint density at radius 2 is 1.74 bits per heavy atom. The summed E-state index contributed by atoms with van der Waals surface area (Å²) >= 11 is 6.12. The van der Waals surface area contributed by atoms with Crippen LogP contribution in [0.25, 0.3) is 11.8 Å². The maximum atomic E-state index is 6.12. The molecule has 116 valence electrons. The average Bonchev–Trinajstić information content (AvgIpc) is 2.85. The van der Waals surface area contributed by atoms with Crippen LogP contribution in [0, 0.1) is 20.8 Å². The zero-order valence-electron chi connectivity index (χ0n) is 13.5. The fourth-order valence-electron chi connectivity index (χ4n) is 2.75. The SMILES string of the molecule is Cc1cc(C)n(C(=Cc2ccccc2)c2ccc(Cl)cc2C)n1. The van der Waals surface area contributed by atoms with Gasteiger partial charge in [-0.1, -0.05) is 48.0 Å². The van der Waals surface area contributed by atoms with E-state index in [0.29, 0.717) is 0 Å². The van der Waals surface area contributed by atoms with Crippen LogP contribution in [0.4, 0.5) is 0 Å². The summed E-state index contributed by atoms with van der Waals surface area (Å²) in [6, 6.07) is 18.4. The number of aryl methyl sites for hydroxylation is 3. The lowest BCUT2D eigenvalue weighted by atomic mass is 10.0. The first-order valence-electron chi connectivity index (χ1n) is 7.61. The summed E-state index contributed by atoms with van der Waals surface area (Å²) in [5.74, 6) is 0. The molecule has 3 heteroatoms. The van der Waals surface area contributed by atoms with Gasteiger partial charge in [0, 0.05) is 16.3 Å². The topological polar surface area (TPSA) is 17.8 Å². The molecule has 2 aromatic carbocycles. The van der Waals surface area contributed by atoms with Crippen LogP contribution in [-0.4, -0.2) is 9.78 Å². The Morgan fingerprint density at radius 3 is 2.35 bits per heavy atom. The molecule has 23 heavy (non-hydrogen) atoms. The number of halogens is 1. The molecule has 0 amide bonds. The molecule has 0 saturated carbocycles. The Hall–Kier alpha value is -2.32. The molecular weight excluding hydrogens is 304 g/mol. The second-order valence-corrected chi connectivity index (χ2v) is 6.17. The van der Waals surface area contributed by atoms with E-state index in [4.69, 9.17) is 11.6 Å². The smallest absolute Gasteiger partial charge is 0.0729 e. The lowest BCUT2D eigenvalue weighted by Crippen LogP contribution is -2.05. The summed E-state index contributed by atoms with van der Waals surface area (Å²) in [5.41, 5.74) is 6.57. The summed E-state index contributed by atoms with van der Waals surface area (Å²) in [5, 5.41) is 5.41. The van der Waals surface area contributed by atoms with Crippen molar-refractivity contribution < 1.29 is 0 Å². The Morgan fingerprint density at radius 1 is 1.00 bits per heavy atom. The lowest BCUT2D eigenvalue weighted by molar-refractivity contribution is 0.856. The highest BCUT2D eigenvalue weighted by Crippen LogP contribution is 2.27. The van der Waals surface area contributed by atoms with Crippen LogP contribution in [0.1, 0.15) is 28.1 Å². The van der Waals surface area contributed by atoms with Crippen molar-refractivity contribution in [3.63, 3.8) is 0 Å². The van der Waals surface area contributed by atoms with Crippen molar-refractivity contribution >= 4 is 23.4 Å². The third kappa shape index (κ3) is 3.38. The van der Waals surface area contributed by atoms with E-state index in [-0.39, 0.29) is 0 Å². The third-order valence-electron chi connectivity index (χ3n) is 3.81. The van der Waals surface area contributed by atoms with Crippen LogP contribution in [0.2, 0.25) is 5.02 Å². The summed E-state index contributed by atoms with van der Waals surface area (Å²) in [6.45, 7) is 6.16. The molecule has 0 spiro atoms.